The molecule has 0 aliphatic rings. The van der Waals surface area contributed by atoms with Gasteiger partial charge in [0.15, 0.2) is 0 Å². The van der Waals surface area contributed by atoms with E-state index >= 15 is 0 Å². The fraction of sp³-hybridized carbons (Fsp3) is 0.167. The van der Waals surface area contributed by atoms with Crippen LogP contribution in [0.5, 0.6) is 5.75 Å². The third-order valence-corrected chi connectivity index (χ3v) is 2.00. The Morgan fingerprint density at radius 3 is 2.65 bits per heavy atom. The molecule has 0 saturated heterocycles. The zero-order valence-electron chi connectivity index (χ0n) is 9.30. The van der Waals surface area contributed by atoms with Gasteiger partial charge >= 0.3 is 5.97 Å². The number of amides is 1. The molecule has 1 amide bonds. The smallest absolute Gasteiger partial charge is 0.339 e. The number of carbonyl (C=O) groups excluding carboxylic acids is 1. The summed E-state index contributed by atoms with van der Waals surface area (Å²) in [6.07, 6.45) is 3.82. The monoisotopic (exact) mass is 235 g/mol. The van der Waals surface area contributed by atoms with Crippen molar-refractivity contribution in [1.82, 2.24) is 0 Å². The molecule has 0 spiro atoms. The molecule has 0 unspecified atom stereocenters. The van der Waals surface area contributed by atoms with Gasteiger partial charge in [0.05, 0.1) is 0 Å². The summed E-state index contributed by atoms with van der Waals surface area (Å²) in [7, 11) is 0. The Bertz CT molecular complexity index is 466. The number of carbonyl (C=O) groups is 2. The third kappa shape index (κ3) is 3.64. The van der Waals surface area contributed by atoms with Crippen LogP contribution in [0.2, 0.25) is 0 Å². The Morgan fingerprint density at radius 1 is 1.41 bits per heavy atom. The molecule has 90 valence electrons. The minimum Gasteiger partial charge on any atom is -0.507 e. The first-order valence-electron chi connectivity index (χ1n) is 5.08. The van der Waals surface area contributed by atoms with E-state index in [1.807, 2.05) is 6.92 Å². The van der Waals surface area contributed by atoms with Crippen molar-refractivity contribution in [3.8, 4) is 5.75 Å². The normalized spacial score (nSPS) is 10.4. The lowest BCUT2D eigenvalue weighted by molar-refractivity contribution is -0.111. The van der Waals surface area contributed by atoms with Gasteiger partial charge in [0, 0.05) is 11.8 Å². The van der Waals surface area contributed by atoms with E-state index in [-0.39, 0.29) is 17.2 Å². The molecule has 3 N–H and O–H groups in total. The van der Waals surface area contributed by atoms with Crippen molar-refractivity contribution in [2.75, 3.05) is 5.32 Å². The number of allylic oxidation sites excluding steroid dienone is 1. The van der Waals surface area contributed by atoms with Crippen LogP contribution in [0, 0.1) is 0 Å². The van der Waals surface area contributed by atoms with E-state index in [4.69, 9.17) is 5.11 Å². The largest absolute Gasteiger partial charge is 0.507 e. The molecular formula is C12H13NO4. The number of carboxylic acids is 1. The molecule has 0 saturated carbocycles. The number of hydrogen-bond donors (Lipinski definition) is 3. The third-order valence-electron chi connectivity index (χ3n) is 2.00. The van der Waals surface area contributed by atoms with Gasteiger partial charge in [-0.15, -0.1) is 0 Å². The molecule has 0 aliphatic carbocycles. The highest BCUT2D eigenvalue weighted by Crippen LogP contribution is 2.21. The molecule has 0 bridgehead atoms. The van der Waals surface area contributed by atoms with E-state index in [1.165, 1.54) is 24.3 Å². The van der Waals surface area contributed by atoms with Crippen LogP contribution in [-0.4, -0.2) is 22.1 Å². The highest BCUT2D eigenvalue weighted by molar-refractivity contribution is 6.00. The van der Waals surface area contributed by atoms with Crippen molar-refractivity contribution in [2.45, 2.75) is 13.3 Å². The summed E-state index contributed by atoms with van der Waals surface area (Å²) in [6, 6.07) is 3.85. The van der Waals surface area contributed by atoms with E-state index in [9.17, 15) is 14.7 Å². The molecule has 0 aliphatic heterocycles. The molecule has 0 radical (unpaired) electrons. The second-order valence-electron chi connectivity index (χ2n) is 3.34. The summed E-state index contributed by atoms with van der Waals surface area (Å²) in [6.45, 7) is 1.90. The van der Waals surface area contributed by atoms with E-state index < -0.39 is 5.97 Å². The highest BCUT2D eigenvalue weighted by atomic mass is 16.4. The maximum Gasteiger partial charge on any atom is 0.339 e. The minimum absolute atomic E-state index is 0.202. The molecule has 0 atom stereocenters. The van der Waals surface area contributed by atoms with Gasteiger partial charge in [0.25, 0.3) is 0 Å². The molecule has 0 heterocycles. The maximum absolute atomic E-state index is 11.3. The first-order valence-corrected chi connectivity index (χ1v) is 5.08. The first kappa shape index (κ1) is 12.8. The Balaban J connectivity index is 2.81. The van der Waals surface area contributed by atoms with Crippen LogP contribution in [0.1, 0.15) is 23.7 Å². The van der Waals surface area contributed by atoms with Crippen LogP contribution in [0.15, 0.2) is 30.4 Å². The van der Waals surface area contributed by atoms with Crippen LogP contribution in [0.4, 0.5) is 5.69 Å². The molecule has 5 heteroatoms. The predicted octanol–water partition coefficient (Wildman–Crippen LogP) is 2.00. The summed E-state index contributed by atoms with van der Waals surface area (Å²) in [5.74, 6) is -1.92. The van der Waals surface area contributed by atoms with Crippen molar-refractivity contribution >= 4 is 17.6 Å². The summed E-state index contributed by atoms with van der Waals surface area (Å²) in [4.78, 5) is 21.9. The van der Waals surface area contributed by atoms with Crippen molar-refractivity contribution in [3.05, 3.63) is 35.9 Å². The number of rotatable bonds is 4. The second-order valence-corrected chi connectivity index (χ2v) is 3.34. The number of aromatic hydroxyl groups is 1. The number of nitrogens with one attached hydrogen (secondary N) is 1. The summed E-state index contributed by atoms with van der Waals surface area (Å²) in [5.41, 5.74) is 0.144. The maximum atomic E-state index is 11.3. The van der Waals surface area contributed by atoms with Crippen LogP contribution >= 0.6 is 0 Å². The van der Waals surface area contributed by atoms with Gasteiger partial charge in [-0.3, -0.25) is 4.79 Å². The van der Waals surface area contributed by atoms with Gasteiger partial charge in [-0.1, -0.05) is 13.0 Å². The molecule has 1 rings (SSSR count). The predicted molar refractivity (Wildman–Crippen MR) is 63.1 cm³/mol. The number of aromatic carboxylic acids is 1. The zero-order chi connectivity index (χ0) is 12.8. The quantitative estimate of drug-likeness (QED) is 0.696. The number of benzene rings is 1. The average molecular weight is 235 g/mol. The van der Waals surface area contributed by atoms with Gasteiger partial charge in [0.1, 0.15) is 11.3 Å². The summed E-state index contributed by atoms with van der Waals surface area (Å²) < 4.78 is 0. The van der Waals surface area contributed by atoms with Crippen LogP contribution in [-0.2, 0) is 4.79 Å². The molecule has 0 aromatic heterocycles. The average Bonchev–Trinajstić information content (AvgIpc) is 2.26. The van der Waals surface area contributed by atoms with Crippen LogP contribution in [0.3, 0.4) is 0 Å². The van der Waals surface area contributed by atoms with E-state index in [2.05, 4.69) is 5.32 Å². The Labute approximate surface area is 98.4 Å². The van der Waals surface area contributed by atoms with Gasteiger partial charge in [-0.2, -0.15) is 0 Å². The second kappa shape index (κ2) is 5.69. The topological polar surface area (TPSA) is 86.6 Å². The van der Waals surface area contributed by atoms with Gasteiger partial charge in [-0.25, -0.2) is 4.79 Å². The number of phenols is 1. The van der Waals surface area contributed by atoms with E-state index in [0.29, 0.717) is 5.69 Å². The molecule has 1 aromatic carbocycles. The van der Waals surface area contributed by atoms with Gasteiger partial charge in [0.2, 0.25) is 5.91 Å². The highest BCUT2D eigenvalue weighted by Gasteiger charge is 2.09. The van der Waals surface area contributed by atoms with Gasteiger partial charge in [-0.05, 0) is 24.6 Å². The summed E-state index contributed by atoms with van der Waals surface area (Å²) >= 11 is 0. The summed E-state index contributed by atoms with van der Waals surface area (Å²) in [5, 5.41) is 20.6. The molecule has 1 aromatic rings. The van der Waals surface area contributed by atoms with Crippen LogP contribution in [0.25, 0.3) is 0 Å². The lowest BCUT2D eigenvalue weighted by Crippen LogP contribution is -2.08. The zero-order valence-corrected chi connectivity index (χ0v) is 9.30. The van der Waals surface area contributed by atoms with Crippen molar-refractivity contribution in [2.24, 2.45) is 0 Å². The van der Waals surface area contributed by atoms with Crippen molar-refractivity contribution < 1.29 is 19.8 Å². The molecule has 0 fully saturated rings. The van der Waals surface area contributed by atoms with E-state index in [0.717, 1.165) is 6.42 Å². The fourth-order valence-electron chi connectivity index (χ4n) is 1.20. The van der Waals surface area contributed by atoms with Crippen LogP contribution < -0.4 is 5.32 Å². The number of carboxylic acid groups (broad SMARTS) is 1. The first-order chi connectivity index (χ1) is 8.04. The molecular weight excluding hydrogens is 222 g/mol. The van der Waals surface area contributed by atoms with Gasteiger partial charge < -0.3 is 15.5 Å². The Kier molecular flexibility index (Phi) is 4.28. The lowest BCUT2D eigenvalue weighted by atomic mass is 10.2. The van der Waals surface area contributed by atoms with Crippen molar-refractivity contribution in [1.29, 1.82) is 0 Å². The van der Waals surface area contributed by atoms with E-state index in [1.54, 1.807) is 6.08 Å². The van der Waals surface area contributed by atoms with Crippen molar-refractivity contribution in [3.63, 3.8) is 0 Å². The molecule has 17 heavy (non-hydrogen) atoms. The Morgan fingerprint density at radius 2 is 2.12 bits per heavy atom. The minimum atomic E-state index is -1.22. The Hall–Kier alpha value is -2.30. The number of hydrogen-bond acceptors (Lipinski definition) is 3. The fourth-order valence-corrected chi connectivity index (χ4v) is 1.20. The lowest BCUT2D eigenvalue weighted by Gasteiger charge is -2.04. The standard InChI is InChI=1S/C12H13NO4/c1-2-3-4-11(15)13-8-5-6-9(12(16)17)10(14)7-8/h3-7,14H,2H2,1H3,(H,13,15)(H,16,17). The number of anilines is 1. The SMILES string of the molecule is CCC=CC(=O)Nc1ccc(C(=O)O)c(O)c1. The molecule has 5 nitrogen and oxygen atoms in total.